The Balaban J connectivity index is 1.62. The van der Waals surface area contributed by atoms with Gasteiger partial charge in [0.2, 0.25) is 0 Å². The van der Waals surface area contributed by atoms with Crippen LogP contribution in [0.2, 0.25) is 0 Å². The summed E-state index contributed by atoms with van der Waals surface area (Å²) in [7, 11) is 0. The van der Waals surface area contributed by atoms with Crippen LogP contribution in [0.1, 0.15) is 70.4 Å². The number of hydrogen-bond acceptors (Lipinski definition) is 6. The van der Waals surface area contributed by atoms with Crippen molar-refractivity contribution in [1.82, 2.24) is 0 Å². The molecule has 0 aromatic heterocycles. The highest BCUT2D eigenvalue weighted by atomic mass is 16.6. The first-order valence-corrected chi connectivity index (χ1v) is 10.8. The maximum Gasteiger partial charge on any atom is 0.308 e. The first-order chi connectivity index (χ1) is 14.2. The van der Waals surface area contributed by atoms with Crippen molar-refractivity contribution in [1.29, 1.82) is 0 Å². The Hall–Kier alpha value is -2.37. The van der Waals surface area contributed by atoms with E-state index in [1.54, 1.807) is 0 Å². The fourth-order valence-electron chi connectivity index (χ4n) is 6.44. The molecule has 2 fully saturated rings. The van der Waals surface area contributed by atoms with Crippen LogP contribution in [0.3, 0.4) is 0 Å². The third-order valence-corrected chi connectivity index (χ3v) is 7.48. The summed E-state index contributed by atoms with van der Waals surface area (Å²) in [5.74, 6) is 0.839. The van der Waals surface area contributed by atoms with Gasteiger partial charge in [-0.3, -0.25) is 14.4 Å². The average molecular weight is 414 g/mol. The highest BCUT2D eigenvalue weighted by molar-refractivity contribution is 5.69. The summed E-state index contributed by atoms with van der Waals surface area (Å²) in [4.78, 5) is 34.8. The lowest BCUT2D eigenvalue weighted by Crippen LogP contribution is -2.46. The van der Waals surface area contributed by atoms with Gasteiger partial charge in [-0.25, -0.2) is 0 Å². The Bertz CT molecular complexity index is 876. The van der Waals surface area contributed by atoms with Crippen molar-refractivity contribution in [3.05, 3.63) is 29.3 Å². The van der Waals surface area contributed by atoms with E-state index in [0.29, 0.717) is 23.5 Å². The van der Waals surface area contributed by atoms with Gasteiger partial charge in [-0.2, -0.15) is 0 Å². The van der Waals surface area contributed by atoms with Crippen LogP contribution in [0.15, 0.2) is 18.2 Å². The van der Waals surface area contributed by atoms with Crippen molar-refractivity contribution in [3.8, 4) is 5.75 Å². The third-order valence-electron chi connectivity index (χ3n) is 7.48. The molecule has 6 heteroatoms. The van der Waals surface area contributed by atoms with Crippen molar-refractivity contribution in [3.63, 3.8) is 0 Å². The first kappa shape index (κ1) is 20.9. The number of hydrogen-bond donors (Lipinski definition) is 0. The standard InChI is InChI=1S/C24H30O6/c1-13(25)28-17-6-8-18-16(11-17)5-7-20-19(18)9-10-24(4)21(20)12-22(29-14(2)26)23(24)30-15(3)27/h6,8,11,19-23H,5,7,9-10,12H2,1-4H3/t19-,20-,21+,22+,23-,24-/m0/s1. The predicted molar refractivity (Wildman–Crippen MR) is 109 cm³/mol. The maximum atomic E-state index is 11.8. The quantitative estimate of drug-likeness (QED) is 0.551. The molecule has 3 aliphatic carbocycles. The van der Waals surface area contributed by atoms with E-state index in [1.807, 2.05) is 12.1 Å². The zero-order valence-corrected chi connectivity index (χ0v) is 18.1. The Labute approximate surface area is 177 Å². The zero-order valence-electron chi connectivity index (χ0n) is 18.1. The van der Waals surface area contributed by atoms with E-state index in [2.05, 4.69) is 13.0 Å². The molecule has 6 atom stereocenters. The normalized spacial score (nSPS) is 34.2. The summed E-state index contributed by atoms with van der Waals surface area (Å²) in [6.07, 6.45) is 3.83. The van der Waals surface area contributed by atoms with E-state index in [-0.39, 0.29) is 29.4 Å². The van der Waals surface area contributed by atoms with Gasteiger partial charge in [-0.1, -0.05) is 13.0 Å². The minimum atomic E-state index is -0.391. The van der Waals surface area contributed by atoms with Crippen molar-refractivity contribution in [2.45, 2.75) is 77.9 Å². The summed E-state index contributed by atoms with van der Waals surface area (Å²) in [5.41, 5.74) is 2.40. The number of rotatable bonds is 3. The van der Waals surface area contributed by atoms with E-state index in [0.717, 1.165) is 32.1 Å². The number of benzene rings is 1. The molecule has 0 radical (unpaired) electrons. The zero-order chi connectivity index (χ0) is 21.6. The van der Waals surface area contributed by atoms with E-state index < -0.39 is 6.10 Å². The van der Waals surface area contributed by atoms with Gasteiger partial charge in [0.15, 0.2) is 0 Å². The lowest BCUT2D eigenvalue weighted by molar-refractivity contribution is -0.171. The van der Waals surface area contributed by atoms with Gasteiger partial charge < -0.3 is 14.2 Å². The average Bonchev–Trinajstić information content (AvgIpc) is 2.92. The Morgan fingerprint density at radius 1 is 1.00 bits per heavy atom. The van der Waals surface area contributed by atoms with E-state index in [9.17, 15) is 14.4 Å². The summed E-state index contributed by atoms with van der Waals surface area (Å²) >= 11 is 0. The second-order valence-electron chi connectivity index (χ2n) is 9.33. The van der Waals surface area contributed by atoms with Gasteiger partial charge in [0.25, 0.3) is 0 Å². The molecule has 3 aliphatic rings. The molecule has 162 valence electrons. The number of esters is 3. The molecule has 0 N–H and O–H groups in total. The molecule has 30 heavy (non-hydrogen) atoms. The highest BCUT2D eigenvalue weighted by Gasteiger charge is 2.61. The first-order valence-electron chi connectivity index (χ1n) is 10.8. The molecule has 0 saturated heterocycles. The van der Waals surface area contributed by atoms with Gasteiger partial charge in [-0.05, 0) is 73.1 Å². The molecule has 2 saturated carbocycles. The number of fused-ring (bicyclic) bond motifs is 5. The second-order valence-corrected chi connectivity index (χ2v) is 9.33. The summed E-state index contributed by atoms with van der Waals surface area (Å²) in [6.45, 7) is 6.45. The molecule has 0 aliphatic heterocycles. The third kappa shape index (κ3) is 3.61. The fourth-order valence-corrected chi connectivity index (χ4v) is 6.44. The van der Waals surface area contributed by atoms with Gasteiger partial charge in [-0.15, -0.1) is 0 Å². The molecule has 0 bridgehead atoms. The monoisotopic (exact) mass is 414 g/mol. The van der Waals surface area contributed by atoms with Gasteiger partial charge in [0.1, 0.15) is 18.0 Å². The molecule has 0 amide bonds. The maximum absolute atomic E-state index is 11.8. The van der Waals surface area contributed by atoms with Crippen LogP contribution < -0.4 is 4.74 Å². The topological polar surface area (TPSA) is 78.9 Å². The van der Waals surface area contributed by atoms with E-state index in [4.69, 9.17) is 14.2 Å². The van der Waals surface area contributed by atoms with Gasteiger partial charge >= 0.3 is 17.9 Å². The lowest BCUT2D eigenvalue weighted by Gasteiger charge is -2.50. The minimum Gasteiger partial charge on any atom is -0.459 e. The van der Waals surface area contributed by atoms with Crippen LogP contribution in [0.4, 0.5) is 0 Å². The van der Waals surface area contributed by atoms with Crippen molar-refractivity contribution < 1.29 is 28.6 Å². The largest absolute Gasteiger partial charge is 0.459 e. The van der Waals surface area contributed by atoms with Crippen LogP contribution in [-0.4, -0.2) is 30.1 Å². The van der Waals surface area contributed by atoms with Crippen LogP contribution in [0, 0.1) is 17.3 Å². The van der Waals surface area contributed by atoms with Crippen LogP contribution in [0.5, 0.6) is 5.75 Å². The minimum absolute atomic E-state index is 0.192. The molecular formula is C24H30O6. The summed E-state index contributed by atoms with van der Waals surface area (Å²) in [5, 5.41) is 0. The van der Waals surface area contributed by atoms with Crippen molar-refractivity contribution >= 4 is 17.9 Å². The summed E-state index contributed by atoms with van der Waals surface area (Å²) < 4.78 is 16.6. The highest BCUT2D eigenvalue weighted by Crippen LogP contribution is 2.62. The van der Waals surface area contributed by atoms with Gasteiger partial charge in [0.05, 0.1) is 0 Å². The van der Waals surface area contributed by atoms with Crippen LogP contribution in [-0.2, 0) is 30.3 Å². The SMILES string of the molecule is CC(=O)Oc1ccc2c(c1)CC[C@@H]1[C@H]3C[C@@H](OC(C)=O)[C@H](OC(C)=O)[C@@]3(C)CC[C@@H]21. The predicted octanol–water partition coefficient (Wildman–Crippen LogP) is 3.94. The molecule has 0 spiro atoms. The molecule has 1 aromatic rings. The van der Waals surface area contributed by atoms with Crippen LogP contribution >= 0.6 is 0 Å². The van der Waals surface area contributed by atoms with E-state index in [1.165, 1.54) is 31.9 Å². The van der Waals surface area contributed by atoms with Crippen molar-refractivity contribution in [2.24, 2.45) is 17.3 Å². The number of carbonyl (C=O) groups is 3. The molecular weight excluding hydrogens is 384 g/mol. The number of ether oxygens (including phenoxy) is 3. The molecule has 0 heterocycles. The van der Waals surface area contributed by atoms with E-state index >= 15 is 0 Å². The molecule has 1 aromatic carbocycles. The van der Waals surface area contributed by atoms with Gasteiger partial charge in [0, 0.05) is 26.2 Å². The molecule has 4 rings (SSSR count). The fraction of sp³-hybridized carbons (Fsp3) is 0.625. The Kier molecular flexibility index (Phi) is 5.37. The van der Waals surface area contributed by atoms with Crippen LogP contribution in [0.25, 0.3) is 0 Å². The number of aryl methyl sites for hydroxylation is 1. The summed E-state index contributed by atoms with van der Waals surface area (Å²) in [6, 6.07) is 5.99. The molecule has 6 nitrogen and oxygen atoms in total. The number of carbonyl (C=O) groups excluding carboxylic acids is 3. The van der Waals surface area contributed by atoms with Crippen molar-refractivity contribution in [2.75, 3.05) is 0 Å². The second kappa shape index (κ2) is 7.71. The smallest absolute Gasteiger partial charge is 0.308 e. The molecule has 0 unspecified atom stereocenters. The Morgan fingerprint density at radius 3 is 2.40 bits per heavy atom. The Morgan fingerprint density at radius 2 is 1.73 bits per heavy atom. The lowest BCUT2D eigenvalue weighted by atomic mass is 9.55.